The van der Waals surface area contributed by atoms with Crippen LogP contribution in [0.25, 0.3) is 0 Å². The Balaban J connectivity index is 0. The van der Waals surface area contributed by atoms with Crippen molar-refractivity contribution in [2.45, 2.75) is 51.6 Å². The third kappa shape index (κ3) is 18.6. The Labute approximate surface area is 95.6 Å². The second-order valence-corrected chi connectivity index (χ2v) is 3.79. The first-order valence-corrected chi connectivity index (χ1v) is 5.28. The molecule has 1 aliphatic carbocycles. The molecule has 0 bridgehead atoms. The zero-order valence-electron chi connectivity index (χ0n) is 10.0. The average molecular weight is 234 g/mol. The van der Waals surface area contributed by atoms with Gasteiger partial charge in [-0.05, 0) is 26.7 Å². The summed E-state index contributed by atoms with van der Waals surface area (Å²) in [6.07, 6.45) is 5.35. The van der Waals surface area contributed by atoms with Crippen LogP contribution in [0.4, 0.5) is 0 Å². The molecule has 1 saturated carbocycles. The van der Waals surface area contributed by atoms with Gasteiger partial charge in [0.25, 0.3) is 0 Å². The third-order valence-electron chi connectivity index (χ3n) is 2.07. The Kier molecular flexibility index (Phi) is 11.2. The van der Waals surface area contributed by atoms with E-state index >= 15 is 0 Å². The molecule has 0 aromatic rings. The maximum absolute atomic E-state index is 8.89. The molecule has 16 heavy (non-hydrogen) atoms. The van der Waals surface area contributed by atoms with E-state index in [-0.39, 0.29) is 0 Å². The first kappa shape index (κ1) is 17.3. The molecular formula is C10H22N2O4. The zero-order valence-corrected chi connectivity index (χ0v) is 10.0. The van der Waals surface area contributed by atoms with Gasteiger partial charge in [0.05, 0.1) is 0 Å². The van der Waals surface area contributed by atoms with Crippen molar-refractivity contribution in [3.8, 4) is 0 Å². The first-order chi connectivity index (χ1) is 7.27. The number of rotatable bonds is 0. The molecule has 0 spiro atoms. The highest BCUT2D eigenvalue weighted by molar-refractivity contribution is 5.60. The van der Waals surface area contributed by atoms with Crippen molar-refractivity contribution in [1.82, 2.24) is 0 Å². The summed E-state index contributed by atoms with van der Waals surface area (Å²) >= 11 is 0. The molecule has 0 heterocycles. The van der Waals surface area contributed by atoms with Gasteiger partial charge in [-0.2, -0.15) is 0 Å². The Hall–Kier alpha value is -1.14. The summed E-state index contributed by atoms with van der Waals surface area (Å²) in [5.74, 6) is -2.17. The van der Waals surface area contributed by atoms with Gasteiger partial charge >= 0.3 is 0 Å². The average Bonchev–Trinajstić information content (AvgIpc) is 2.08. The topological polar surface area (TPSA) is 136 Å². The predicted octanol–water partition coefficient (Wildman–Crippen LogP) is -3.71. The number of carbonyl (C=O) groups excluding carboxylic acids is 2. The minimum atomic E-state index is -1.08. The molecule has 0 radical (unpaired) electrons. The van der Waals surface area contributed by atoms with Crippen molar-refractivity contribution in [2.24, 2.45) is 0 Å². The molecule has 0 aliphatic heterocycles. The summed E-state index contributed by atoms with van der Waals surface area (Å²) in [5, 5.41) is 17.8. The second-order valence-electron chi connectivity index (χ2n) is 3.79. The van der Waals surface area contributed by atoms with Gasteiger partial charge in [0.15, 0.2) is 0 Å². The zero-order chi connectivity index (χ0) is 13.1. The lowest BCUT2D eigenvalue weighted by Crippen LogP contribution is -2.80. The second kappa shape index (κ2) is 10.4. The fourth-order valence-electron chi connectivity index (χ4n) is 1.28. The largest absolute Gasteiger partial charge is 0.550 e. The van der Waals surface area contributed by atoms with Gasteiger partial charge in [0, 0.05) is 24.8 Å². The number of carboxylic acid groups (broad SMARTS) is 2. The molecule has 1 fully saturated rings. The van der Waals surface area contributed by atoms with Gasteiger partial charge in [-0.15, -0.1) is 0 Å². The number of hydrogen-bond acceptors (Lipinski definition) is 4. The summed E-state index contributed by atoms with van der Waals surface area (Å²) in [7, 11) is 0. The Morgan fingerprint density at radius 2 is 1.12 bits per heavy atom. The van der Waals surface area contributed by atoms with Crippen LogP contribution in [0.2, 0.25) is 0 Å². The van der Waals surface area contributed by atoms with E-state index in [1.54, 1.807) is 0 Å². The molecular weight excluding hydrogens is 212 g/mol. The number of aliphatic carboxylic acids is 2. The molecule has 6 N–H and O–H groups in total. The van der Waals surface area contributed by atoms with E-state index in [0.29, 0.717) is 12.1 Å². The number of hydrogen-bond donors (Lipinski definition) is 2. The van der Waals surface area contributed by atoms with Crippen molar-refractivity contribution in [2.75, 3.05) is 0 Å². The van der Waals surface area contributed by atoms with Crippen LogP contribution in [0, 0.1) is 0 Å². The Morgan fingerprint density at radius 1 is 0.938 bits per heavy atom. The van der Waals surface area contributed by atoms with Crippen molar-refractivity contribution < 1.29 is 31.3 Å². The highest BCUT2D eigenvalue weighted by Crippen LogP contribution is 2.12. The quantitative estimate of drug-likeness (QED) is 0.445. The lowest BCUT2D eigenvalue weighted by molar-refractivity contribution is -0.534. The number of carboxylic acids is 2. The van der Waals surface area contributed by atoms with Crippen LogP contribution in [0.1, 0.15) is 39.5 Å². The minimum absolute atomic E-state index is 0.642. The maximum atomic E-state index is 8.89. The molecule has 0 aromatic heterocycles. The summed E-state index contributed by atoms with van der Waals surface area (Å²) in [5.41, 5.74) is 8.03. The number of quaternary nitrogens is 2. The van der Waals surface area contributed by atoms with E-state index in [1.165, 1.54) is 25.7 Å². The third-order valence-corrected chi connectivity index (χ3v) is 2.07. The van der Waals surface area contributed by atoms with Crippen molar-refractivity contribution in [1.29, 1.82) is 0 Å². The van der Waals surface area contributed by atoms with Gasteiger partial charge in [-0.1, -0.05) is 0 Å². The van der Waals surface area contributed by atoms with Crippen LogP contribution in [0.15, 0.2) is 0 Å². The Bertz CT molecular complexity index is 179. The standard InChI is InChI=1S/C6H14N2.2C2H4O2/c7-5-3-1-2-4-6(5)8;2*1-2(3)4/h5-6H,1-4,7-8H2;2*1H3,(H,3,4)/t5-,6-;;/m0../s1. The van der Waals surface area contributed by atoms with Crippen LogP contribution in [0.5, 0.6) is 0 Å². The molecule has 1 aliphatic rings. The van der Waals surface area contributed by atoms with Crippen LogP contribution in [-0.4, -0.2) is 24.0 Å². The lowest BCUT2D eigenvalue weighted by Gasteiger charge is -2.18. The molecule has 0 unspecified atom stereocenters. The van der Waals surface area contributed by atoms with E-state index in [9.17, 15) is 0 Å². The van der Waals surface area contributed by atoms with Crippen molar-refractivity contribution in [3.63, 3.8) is 0 Å². The lowest BCUT2D eigenvalue weighted by atomic mass is 9.92. The smallest absolute Gasteiger partial charge is 0.137 e. The molecule has 0 amide bonds. The van der Waals surface area contributed by atoms with E-state index < -0.39 is 11.9 Å². The summed E-state index contributed by atoms with van der Waals surface area (Å²) in [6.45, 7) is 1.94. The highest BCUT2D eigenvalue weighted by atomic mass is 16.4. The van der Waals surface area contributed by atoms with Gasteiger partial charge < -0.3 is 31.3 Å². The van der Waals surface area contributed by atoms with Crippen molar-refractivity contribution in [3.05, 3.63) is 0 Å². The van der Waals surface area contributed by atoms with E-state index in [1.807, 2.05) is 0 Å². The van der Waals surface area contributed by atoms with E-state index in [2.05, 4.69) is 11.5 Å². The normalized spacial score (nSPS) is 23.0. The summed E-state index contributed by atoms with van der Waals surface area (Å²) in [6, 6.07) is 1.28. The molecule has 6 nitrogen and oxygen atoms in total. The van der Waals surface area contributed by atoms with Gasteiger partial charge in [-0.25, -0.2) is 0 Å². The highest BCUT2D eigenvalue weighted by Gasteiger charge is 2.23. The predicted molar refractivity (Wildman–Crippen MR) is 53.2 cm³/mol. The minimum Gasteiger partial charge on any atom is -0.550 e. The molecule has 0 aromatic carbocycles. The van der Waals surface area contributed by atoms with Gasteiger partial charge in [-0.3, -0.25) is 0 Å². The van der Waals surface area contributed by atoms with E-state index in [0.717, 1.165) is 13.8 Å². The Morgan fingerprint density at radius 3 is 1.25 bits per heavy atom. The van der Waals surface area contributed by atoms with Crippen molar-refractivity contribution >= 4 is 11.9 Å². The first-order valence-electron chi connectivity index (χ1n) is 5.28. The van der Waals surface area contributed by atoms with E-state index in [4.69, 9.17) is 19.8 Å². The molecule has 6 heteroatoms. The SMILES string of the molecule is CC(=O)[O-].CC(=O)[O-].[NH3+][C@H]1CCCC[C@@H]1[NH3+]. The summed E-state index contributed by atoms with van der Waals surface area (Å²) in [4.78, 5) is 17.8. The maximum Gasteiger partial charge on any atom is 0.137 e. The van der Waals surface area contributed by atoms with Gasteiger partial charge in [0.2, 0.25) is 0 Å². The summed E-state index contributed by atoms with van der Waals surface area (Å²) < 4.78 is 0. The van der Waals surface area contributed by atoms with Crippen LogP contribution in [0.3, 0.4) is 0 Å². The van der Waals surface area contributed by atoms with Gasteiger partial charge in [0.1, 0.15) is 12.1 Å². The molecule has 2 atom stereocenters. The number of carbonyl (C=O) groups is 2. The van der Waals surface area contributed by atoms with Crippen LogP contribution < -0.4 is 21.7 Å². The monoisotopic (exact) mass is 234 g/mol. The molecule has 96 valence electrons. The fraction of sp³-hybridized carbons (Fsp3) is 0.800. The fourth-order valence-corrected chi connectivity index (χ4v) is 1.28. The van der Waals surface area contributed by atoms with Crippen LogP contribution in [-0.2, 0) is 9.59 Å². The van der Waals surface area contributed by atoms with Crippen LogP contribution >= 0.6 is 0 Å². The molecule has 0 saturated heterocycles. The molecule has 1 rings (SSSR count).